The van der Waals surface area contributed by atoms with Crippen molar-refractivity contribution in [2.75, 3.05) is 6.61 Å². The molecule has 20 heavy (non-hydrogen) atoms. The van der Waals surface area contributed by atoms with E-state index in [1.807, 2.05) is 6.08 Å². The number of aldehydes is 1. The average molecular weight is 282 g/mol. The lowest BCUT2D eigenvalue weighted by Crippen LogP contribution is -2.02. The first-order valence-electron chi connectivity index (χ1n) is 8.08. The van der Waals surface area contributed by atoms with Gasteiger partial charge in [0.15, 0.2) is 0 Å². The zero-order valence-electron chi connectivity index (χ0n) is 12.9. The van der Waals surface area contributed by atoms with Crippen molar-refractivity contribution in [2.45, 2.75) is 77.6 Å². The van der Waals surface area contributed by atoms with E-state index in [9.17, 15) is 9.59 Å². The van der Waals surface area contributed by atoms with Crippen LogP contribution in [0, 0.1) is 0 Å². The van der Waals surface area contributed by atoms with Gasteiger partial charge in [-0.15, -0.1) is 0 Å². The molecule has 0 saturated heterocycles. The van der Waals surface area contributed by atoms with Gasteiger partial charge in [-0.25, -0.2) is 4.79 Å². The number of hydrogen-bond acceptors (Lipinski definition) is 3. The Morgan fingerprint density at radius 2 is 1.55 bits per heavy atom. The van der Waals surface area contributed by atoms with Gasteiger partial charge in [0.2, 0.25) is 0 Å². The van der Waals surface area contributed by atoms with E-state index in [2.05, 4.69) is 6.92 Å². The topological polar surface area (TPSA) is 43.4 Å². The van der Waals surface area contributed by atoms with Crippen LogP contribution in [0.4, 0.5) is 0 Å². The molecule has 3 heteroatoms. The van der Waals surface area contributed by atoms with Gasteiger partial charge < -0.3 is 9.53 Å². The molecule has 0 N–H and O–H groups in total. The fraction of sp³-hybridized carbons (Fsp3) is 0.765. The van der Waals surface area contributed by atoms with Crippen LogP contribution in [0.1, 0.15) is 77.6 Å². The third-order valence-corrected chi connectivity index (χ3v) is 3.19. The van der Waals surface area contributed by atoms with E-state index in [0.717, 1.165) is 38.4 Å². The van der Waals surface area contributed by atoms with Crippen molar-refractivity contribution in [3.05, 3.63) is 12.2 Å². The fourth-order valence-electron chi connectivity index (χ4n) is 1.95. The molecule has 116 valence electrons. The number of ether oxygens (including phenoxy) is 1. The first-order valence-corrected chi connectivity index (χ1v) is 8.08. The molecule has 0 atom stereocenters. The van der Waals surface area contributed by atoms with Gasteiger partial charge in [-0.3, -0.25) is 0 Å². The molecule has 3 nitrogen and oxygen atoms in total. The van der Waals surface area contributed by atoms with E-state index in [0.29, 0.717) is 13.0 Å². The van der Waals surface area contributed by atoms with E-state index >= 15 is 0 Å². The summed E-state index contributed by atoms with van der Waals surface area (Å²) in [5.74, 6) is -0.244. The Kier molecular flexibility index (Phi) is 15.0. The summed E-state index contributed by atoms with van der Waals surface area (Å²) in [6.45, 7) is 2.68. The molecule has 0 aromatic heterocycles. The molecule has 0 unspecified atom stereocenters. The van der Waals surface area contributed by atoms with Crippen molar-refractivity contribution >= 4 is 12.3 Å². The number of unbranched alkanes of at least 4 members (excludes halogenated alkanes) is 9. The maximum absolute atomic E-state index is 11.3. The molecule has 0 aliphatic heterocycles. The Bertz CT molecular complexity index is 259. The Hall–Kier alpha value is -1.12. The van der Waals surface area contributed by atoms with Crippen LogP contribution in [-0.2, 0) is 14.3 Å². The summed E-state index contributed by atoms with van der Waals surface area (Å²) in [6, 6.07) is 0. The molecule has 0 radical (unpaired) electrons. The Morgan fingerprint density at radius 3 is 2.30 bits per heavy atom. The number of esters is 1. The van der Waals surface area contributed by atoms with Crippen LogP contribution in [0.2, 0.25) is 0 Å². The highest BCUT2D eigenvalue weighted by atomic mass is 16.5. The molecule has 0 saturated carbocycles. The highest BCUT2D eigenvalue weighted by molar-refractivity contribution is 5.81. The van der Waals surface area contributed by atoms with Gasteiger partial charge in [0.25, 0.3) is 0 Å². The van der Waals surface area contributed by atoms with Crippen molar-refractivity contribution in [1.29, 1.82) is 0 Å². The number of carbonyl (C=O) groups is 2. The van der Waals surface area contributed by atoms with Crippen LogP contribution in [0.3, 0.4) is 0 Å². The summed E-state index contributed by atoms with van der Waals surface area (Å²) in [4.78, 5) is 21.4. The van der Waals surface area contributed by atoms with Crippen LogP contribution in [0.5, 0.6) is 0 Å². The van der Waals surface area contributed by atoms with Crippen molar-refractivity contribution in [1.82, 2.24) is 0 Å². The number of allylic oxidation sites excluding steroid dienone is 1. The lowest BCUT2D eigenvalue weighted by Gasteiger charge is -2.01. The third-order valence-electron chi connectivity index (χ3n) is 3.19. The maximum Gasteiger partial charge on any atom is 0.330 e. The van der Waals surface area contributed by atoms with Gasteiger partial charge in [-0.1, -0.05) is 45.1 Å². The normalized spacial score (nSPS) is 10.8. The molecule has 0 amide bonds. The summed E-state index contributed by atoms with van der Waals surface area (Å²) in [6.07, 6.45) is 16.2. The van der Waals surface area contributed by atoms with Crippen molar-refractivity contribution < 1.29 is 14.3 Å². The molecule has 0 aliphatic rings. The predicted octanol–water partition coefficient (Wildman–Crippen LogP) is 4.60. The molecular weight excluding hydrogens is 252 g/mol. The number of hydrogen-bond donors (Lipinski definition) is 0. The van der Waals surface area contributed by atoms with Gasteiger partial charge >= 0.3 is 5.97 Å². The molecule has 0 spiro atoms. The summed E-state index contributed by atoms with van der Waals surface area (Å²) in [5.41, 5.74) is 0. The van der Waals surface area contributed by atoms with E-state index in [1.54, 1.807) is 0 Å². The quantitative estimate of drug-likeness (QED) is 0.202. The Labute approximate surface area is 123 Å². The summed E-state index contributed by atoms with van der Waals surface area (Å²) in [7, 11) is 0. The first kappa shape index (κ1) is 18.9. The second-order valence-corrected chi connectivity index (χ2v) is 5.14. The smallest absolute Gasteiger partial charge is 0.330 e. The van der Waals surface area contributed by atoms with Crippen LogP contribution < -0.4 is 0 Å². The molecule has 0 aromatic carbocycles. The van der Waals surface area contributed by atoms with Gasteiger partial charge in [0.1, 0.15) is 6.29 Å². The highest BCUT2D eigenvalue weighted by Gasteiger charge is 1.96. The standard InChI is InChI=1S/C17H30O3/c1-2-3-4-5-6-7-8-11-14-17(19)20-16-13-10-9-12-15-18/h11,14-15H,2-10,12-13,16H2,1H3. The van der Waals surface area contributed by atoms with E-state index < -0.39 is 0 Å². The zero-order chi connectivity index (χ0) is 14.9. The van der Waals surface area contributed by atoms with Crippen molar-refractivity contribution in [3.63, 3.8) is 0 Å². The minimum atomic E-state index is -0.244. The molecular formula is C17H30O3. The molecule has 0 bridgehead atoms. The van der Waals surface area contributed by atoms with E-state index in [-0.39, 0.29) is 5.97 Å². The second kappa shape index (κ2) is 15.9. The van der Waals surface area contributed by atoms with Crippen LogP contribution in [0.25, 0.3) is 0 Å². The second-order valence-electron chi connectivity index (χ2n) is 5.14. The predicted molar refractivity (Wildman–Crippen MR) is 82.6 cm³/mol. The minimum Gasteiger partial charge on any atom is -0.463 e. The summed E-state index contributed by atoms with van der Waals surface area (Å²) in [5, 5.41) is 0. The molecule has 0 aliphatic carbocycles. The first-order chi connectivity index (χ1) is 9.81. The van der Waals surface area contributed by atoms with Crippen molar-refractivity contribution in [2.24, 2.45) is 0 Å². The zero-order valence-corrected chi connectivity index (χ0v) is 12.9. The SMILES string of the molecule is CCCCCCCCC=CC(=O)OCCCCCC=O. The van der Waals surface area contributed by atoms with Crippen molar-refractivity contribution in [3.8, 4) is 0 Å². The number of rotatable bonds is 14. The van der Waals surface area contributed by atoms with Crippen LogP contribution in [-0.4, -0.2) is 18.9 Å². The highest BCUT2D eigenvalue weighted by Crippen LogP contribution is 2.07. The fourth-order valence-corrected chi connectivity index (χ4v) is 1.95. The van der Waals surface area contributed by atoms with Gasteiger partial charge in [0.05, 0.1) is 6.61 Å². The largest absolute Gasteiger partial charge is 0.463 e. The molecule has 0 heterocycles. The minimum absolute atomic E-state index is 0.244. The van der Waals surface area contributed by atoms with Gasteiger partial charge in [0, 0.05) is 12.5 Å². The Balaban J connectivity index is 3.29. The van der Waals surface area contributed by atoms with Crippen LogP contribution in [0.15, 0.2) is 12.2 Å². The molecule has 0 rings (SSSR count). The number of carbonyl (C=O) groups excluding carboxylic acids is 2. The van der Waals surface area contributed by atoms with E-state index in [4.69, 9.17) is 4.74 Å². The monoisotopic (exact) mass is 282 g/mol. The lowest BCUT2D eigenvalue weighted by molar-refractivity contribution is -0.137. The summed E-state index contributed by atoms with van der Waals surface area (Å²) >= 11 is 0. The van der Waals surface area contributed by atoms with Gasteiger partial charge in [-0.05, 0) is 32.1 Å². The lowest BCUT2D eigenvalue weighted by atomic mass is 10.1. The average Bonchev–Trinajstić information content (AvgIpc) is 2.45. The maximum atomic E-state index is 11.3. The van der Waals surface area contributed by atoms with Gasteiger partial charge in [-0.2, -0.15) is 0 Å². The third kappa shape index (κ3) is 14.9. The molecule has 0 fully saturated rings. The molecule has 0 aromatic rings. The Morgan fingerprint density at radius 1 is 0.900 bits per heavy atom. The van der Waals surface area contributed by atoms with Crippen LogP contribution >= 0.6 is 0 Å². The van der Waals surface area contributed by atoms with E-state index in [1.165, 1.54) is 38.2 Å². The summed E-state index contributed by atoms with van der Waals surface area (Å²) < 4.78 is 5.07.